The second kappa shape index (κ2) is 9.82. The molecule has 7 nitrogen and oxygen atoms in total. The molecule has 0 radical (unpaired) electrons. The lowest BCUT2D eigenvalue weighted by atomic mass is 10.1. The topological polar surface area (TPSA) is 103 Å². The summed E-state index contributed by atoms with van der Waals surface area (Å²) in [5.41, 5.74) is 0.206. The molecule has 0 saturated heterocycles. The standard InChI is InChI=1S/C21H22F3N3O4S/c22-21(23,24)16-5-8-18(9-6-16)32(30,31)26-19-3-1-2-15-4-7-17(25-20(15)19)14-27(10-12-28)11-13-29/h1-9,26,28-29H,10-14H2. The number of anilines is 1. The van der Waals surface area contributed by atoms with Crippen LogP contribution in [0.15, 0.2) is 59.5 Å². The third-order valence-electron chi connectivity index (χ3n) is 4.73. The number of halogens is 3. The van der Waals surface area contributed by atoms with E-state index in [9.17, 15) is 31.8 Å². The molecule has 172 valence electrons. The number of aliphatic hydroxyl groups excluding tert-OH is 2. The fourth-order valence-corrected chi connectivity index (χ4v) is 4.23. The van der Waals surface area contributed by atoms with Crippen molar-refractivity contribution in [3.05, 3.63) is 65.9 Å². The highest BCUT2D eigenvalue weighted by molar-refractivity contribution is 7.92. The van der Waals surface area contributed by atoms with Gasteiger partial charge in [0.15, 0.2) is 0 Å². The first kappa shape index (κ1) is 23.9. The van der Waals surface area contributed by atoms with Gasteiger partial charge in [0.1, 0.15) is 0 Å². The molecule has 32 heavy (non-hydrogen) atoms. The summed E-state index contributed by atoms with van der Waals surface area (Å²) in [7, 11) is -4.15. The van der Waals surface area contributed by atoms with Gasteiger partial charge in [0.05, 0.1) is 40.6 Å². The SMILES string of the molecule is O=S(=O)(Nc1cccc2ccc(CN(CCO)CCO)nc12)c1ccc(C(F)(F)F)cc1. The average molecular weight is 469 g/mol. The molecule has 1 heterocycles. The number of hydrogen-bond acceptors (Lipinski definition) is 6. The monoisotopic (exact) mass is 469 g/mol. The molecule has 0 aliphatic heterocycles. The lowest BCUT2D eigenvalue weighted by Gasteiger charge is -2.20. The number of rotatable bonds is 9. The van der Waals surface area contributed by atoms with E-state index in [0.29, 0.717) is 48.4 Å². The van der Waals surface area contributed by atoms with Crippen molar-refractivity contribution in [1.29, 1.82) is 0 Å². The Morgan fingerprint density at radius 1 is 0.938 bits per heavy atom. The molecule has 2 aromatic carbocycles. The first-order valence-electron chi connectivity index (χ1n) is 9.67. The van der Waals surface area contributed by atoms with Crippen molar-refractivity contribution < 1.29 is 31.8 Å². The van der Waals surface area contributed by atoms with E-state index >= 15 is 0 Å². The van der Waals surface area contributed by atoms with Gasteiger partial charge in [0.2, 0.25) is 0 Å². The fourth-order valence-electron chi connectivity index (χ4n) is 3.17. The molecule has 0 fully saturated rings. The quantitative estimate of drug-likeness (QED) is 0.446. The number of aliphatic hydroxyl groups is 2. The zero-order valence-corrected chi connectivity index (χ0v) is 17.7. The number of nitrogens with zero attached hydrogens (tertiary/aromatic N) is 2. The van der Waals surface area contributed by atoms with Crippen molar-refractivity contribution in [3.8, 4) is 0 Å². The molecule has 0 aliphatic rings. The van der Waals surface area contributed by atoms with E-state index in [1.165, 1.54) is 6.07 Å². The van der Waals surface area contributed by atoms with Crippen LogP contribution in [0, 0.1) is 0 Å². The lowest BCUT2D eigenvalue weighted by Crippen LogP contribution is -2.29. The highest BCUT2D eigenvalue weighted by Gasteiger charge is 2.30. The minimum Gasteiger partial charge on any atom is -0.395 e. The van der Waals surface area contributed by atoms with E-state index < -0.39 is 21.8 Å². The van der Waals surface area contributed by atoms with Crippen molar-refractivity contribution >= 4 is 26.6 Å². The summed E-state index contributed by atoms with van der Waals surface area (Å²) in [5.74, 6) is 0. The number of alkyl halides is 3. The smallest absolute Gasteiger partial charge is 0.395 e. The Morgan fingerprint density at radius 2 is 1.59 bits per heavy atom. The second-order valence-electron chi connectivity index (χ2n) is 7.03. The van der Waals surface area contributed by atoms with Crippen molar-refractivity contribution in [1.82, 2.24) is 9.88 Å². The van der Waals surface area contributed by atoms with Crippen LogP contribution in [0.5, 0.6) is 0 Å². The van der Waals surface area contributed by atoms with Crippen LogP contribution in [0.1, 0.15) is 11.3 Å². The van der Waals surface area contributed by atoms with E-state index in [4.69, 9.17) is 0 Å². The highest BCUT2D eigenvalue weighted by Crippen LogP contribution is 2.30. The lowest BCUT2D eigenvalue weighted by molar-refractivity contribution is -0.137. The number of benzene rings is 2. The van der Waals surface area contributed by atoms with Crippen molar-refractivity contribution in [3.63, 3.8) is 0 Å². The van der Waals surface area contributed by atoms with Gasteiger partial charge in [0, 0.05) is 25.0 Å². The van der Waals surface area contributed by atoms with Gasteiger partial charge in [0.25, 0.3) is 10.0 Å². The van der Waals surface area contributed by atoms with Gasteiger partial charge in [-0.15, -0.1) is 0 Å². The van der Waals surface area contributed by atoms with Crippen molar-refractivity contribution in [2.24, 2.45) is 0 Å². The van der Waals surface area contributed by atoms with Gasteiger partial charge >= 0.3 is 6.18 Å². The van der Waals surface area contributed by atoms with E-state index in [1.54, 1.807) is 29.2 Å². The normalized spacial score (nSPS) is 12.4. The average Bonchev–Trinajstić information content (AvgIpc) is 2.74. The maximum atomic E-state index is 12.8. The molecule has 0 spiro atoms. The number of hydrogen-bond donors (Lipinski definition) is 3. The van der Waals surface area contributed by atoms with Crippen LogP contribution >= 0.6 is 0 Å². The summed E-state index contributed by atoms with van der Waals surface area (Å²) in [6.45, 7) is 0.819. The minimum absolute atomic E-state index is 0.0915. The van der Waals surface area contributed by atoms with Crippen LogP contribution in [0.4, 0.5) is 18.9 Å². The van der Waals surface area contributed by atoms with E-state index in [0.717, 1.165) is 12.1 Å². The Labute approximate surface area is 183 Å². The van der Waals surface area contributed by atoms with Gasteiger partial charge in [-0.2, -0.15) is 13.2 Å². The molecule has 11 heteroatoms. The molecular weight excluding hydrogens is 447 g/mol. The van der Waals surface area contributed by atoms with Crippen molar-refractivity contribution in [2.75, 3.05) is 31.0 Å². The van der Waals surface area contributed by atoms with E-state index in [1.807, 2.05) is 0 Å². The zero-order chi connectivity index (χ0) is 23.4. The summed E-state index contributed by atoms with van der Waals surface area (Å²) in [4.78, 5) is 6.01. The predicted octanol–water partition coefficient (Wildman–Crippen LogP) is 2.84. The van der Waals surface area contributed by atoms with Crippen molar-refractivity contribution in [2.45, 2.75) is 17.6 Å². The predicted molar refractivity (Wildman–Crippen MR) is 113 cm³/mol. The van der Waals surface area contributed by atoms with Gasteiger partial charge in [-0.05, 0) is 36.4 Å². The maximum Gasteiger partial charge on any atom is 0.416 e. The van der Waals surface area contributed by atoms with Gasteiger partial charge < -0.3 is 10.2 Å². The molecule has 0 bridgehead atoms. The molecule has 3 rings (SSSR count). The zero-order valence-electron chi connectivity index (χ0n) is 16.9. The van der Waals surface area contributed by atoms with Crippen LogP contribution < -0.4 is 4.72 Å². The Bertz CT molecular complexity index is 1160. The van der Waals surface area contributed by atoms with Crippen LogP contribution in [-0.4, -0.2) is 54.8 Å². The third kappa shape index (κ3) is 5.74. The van der Waals surface area contributed by atoms with Crippen LogP contribution in [0.25, 0.3) is 10.9 Å². The molecule has 0 atom stereocenters. The Kier molecular flexibility index (Phi) is 7.34. The number of nitrogens with one attached hydrogen (secondary N) is 1. The molecule has 1 aromatic heterocycles. The summed E-state index contributed by atoms with van der Waals surface area (Å²) in [6.07, 6.45) is -4.56. The molecule has 0 unspecified atom stereocenters. The highest BCUT2D eigenvalue weighted by atomic mass is 32.2. The van der Waals surface area contributed by atoms with Gasteiger partial charge in [-0.3, -0.25) is 9.62 Å². The minimum atomic E-state index is -4.56. The molecular formula is C21H22F3N3O4S. The summed E-state index contributed by atoms with van der Waals surface area (Å²) in [5, 5.41) is 19.0. The number of pyridine rings is 1. The van der Waals surface area contributed by atoms with Crippen LogP contribution in [-0.2, 0) is 22.7 Å². The summed E-state index contributed by atoms with van der Waals surface area (Å²) in [6, 6.07) is 11.7. The molecule has 3 aromatic rings. The first-order valence-corrected chi connectivity index (χ1v) is 11.1. The third-order valence-corrected chi connectivity index (χ3v) is 6.11. The molecule has 0 saturated carbocycles. The van der Waals surface area contributed by atoms with Gasteiger partial charge in [-0.1, -0.05) is 18.2 Å². The molecule has 0 aliphatic carbocycles. The number of fused-ring (bicyclic) bond motifs is 1. The number of sulfonamides is 1. The maximum absolute atomic E-state index is 12.8. The number of para-hydroxylation sites is 1. The van der Waals surface area contributed by atoms with E-state index in [-0.39, 0.29) is 23.8 Å². The summed E-state index contributed by atoms with van der Waals surface area (Å²) >= 11 is 0. The molecule has 3 N–H and O–H groups in total. The largest absolute Gasteiger partial charge is 0.416 e. The second-order valence-corrected chi connectivity index (χ2v) is 8.71. The molecule has 0 amide bonds. The number of aromatic nitrogens is 1. The Morgan fingerprint density at radius 3 is 2.19 bits per heavy atom. The summed E-state index contributed by atoms with van der Waals surface area (Å²) < 4.78 is 66.2. The Hall–Kier alpha value is -2.73. The van der Waals surface area contributed by atoms with Crippen LogP contribution in [0.2, 0.25) is 0 Å². The van der Waals surface area contributed by atoms with Crippen LogP contribution in [0.3, 0.4) is 0 Å². The van der Waals surface area contributed by atoms with Gasteiger partial charge in [-0.25, -0.2) is 13.4 Å². The van der Waals surface area contributed by atoms with E-state index in [2.05, 4.69) is 9.71 Å². The fraction of sp³-hybridized carbons (Fsp3) is 0.286. The first-order chi connectivity index (χ1) is 15.1. The Balaban J connectivity index is 1.91.